The molecule has 3 N–H and O–H groups in total. The van der Waals surface area contributed by atoms with Gasteiger partial charge < -0.3 is 10.6 Å². The molecule has 0 aliphatic heterocycles. The fraction of sp³-hybridized carbons (Fsp3) is 0.0588. The zero-order chi connectivity index (χ0) is 21.1. The molecule has 150 valence electrons. The van der Waals surface area contributed by atoms with E-state index in [0.29, 0.717) is 18.2 Å². The molecular formula is C17H10ClF4N5O2. The van der Waals surface area contributed by atoms with Crippen LogP contribution in [0.1, 0.15) is 26.5 Å². The third-order valence-corrected chi connectivity index (χ3v) is 3.93. The van der Waals surface area contributed by atoms with Gasteiger partial charge in [0.25, 0.3) is 11.8 Å². The highest BCUT2D eigenvalue weighted by Crippen LogP contribution is 2.21. The van der Waals surface area contributed by atoms with Gasteiger partial charge in [0.05, 0.1) is 29.0 Å². The van der Waals surface area contributed by atoms with Crippen LogP contribution in [0.3, 0.4) is 0 Å². The quantitative estimate of drug-likeness (QED) is 0.430. The zero-order valence-corrected chi connectivity index (χ0v) is 15.0. The van der Waals surface area contributed by atoms with E-state index in [1.165, 1.54) is 0 Å². The monoisotopic (exact) mass is 427 g/mol. The normalized spacial score (nSPS) is 10.7. The Morgan fingerprint density at radius 3 is 2.45 bits per heavy atom. The predicted octanol–water partition coefficient (Wildman–Crippen LogP) is 3.20. The number of nitrogens with zero attached hydrogens (tertiary/aromatic N) is 2. The Bertz CT molecular complexity index is 1110. The molecule has 0 radical (unpaired) electrons. The number of hydrogen-bond donors (Lipinski definition) is 3. The number of halogens is 5. The molecule has 3 rings (SSSR count). The lowest BCUT2D eigenvalue weighted by Gasteiger charge is -2.05. The number of carbonyl (C=O) groups excluding carboxylic acids is 2. The smallest absolute Gasteiger partial charge is 0.269 e. The molecule has 0 aliphatic rings. The summed E-state index contributed by atoms with van der Waals surface area (Å²) in [5, 5.41) is 10.3. The van der Waals surface area contributed by atoms with E-state index in [9.17, 15) is 27.2 Å². The molecule has 2 heterocycles. The van der Waals surface area contributed by atoms with Crippen molar-refractivity contribution in [3.8, 4) is 0 Å². The Kier molecular flexibility index (Phi) is 5.78. The molecule has 0 bridgehead atoms. The van der Waals surface area contributed by atoms with Crippen molar-refractivity contribution in [1.29, 1.82) is 0 Å². The zero-order valence-electron chi connectivity index (χ0n) is 14.2. The molecule has 0 saturated heterocycles. The first kappa shape index (κ1) is 20.3. The summed E-state index contributed by atoms with van der Waals surface area (Å²) in [6.45, 7) is -0.323. The second kappa shape index (κ2) is 8.27. The lowest BCUT2D eigenvalue weighted by molar-refractivity contribution is 0.0944. The molecule has 1 aromatic carbocycles. The third kappa shape index (κ3) is 4.69. The van der Waals surface area contributed by atoms with Crippen LogP contribution >= 0.6 is 11.6 Å². The van der Waals surface area contributed by atoms with Gasteiger partial charge in [0.15, 0.2) is 17.5 Å². The van der Waals surface area contributed by atoms with E-state index in [1.807, 2.05) is 0 Å². The average Bonchev–Trinajstić information content (AvgIpc) is 3.12. The number of anilines is 1. The van der Waals surface area contributed by atoms with Crippen molar-refractivity contribution in [2.24, 2.45) is 0 Å². The van der Waals surface area contributed by atoms with Crippen molar-refractivity contribution < 1.29 is 27.2 Å². The Hall–Kier alpha value is -3.47. The number of pyridine rings is 1. The van der Waals surface area contributed by atoms with Crippen LogP contribution < -0.4 is 10.6 Å². The van der Waals surface area contributed by atoms with Crippen LogP contribution in [0.5, 0.6) is 0 Å². The SMILES string of the molecule is O=C(NCc1ncc(F)cc1F)c1cc(NC(=O)c2cc(F)c(F)cc2Cl)n[nH]1. The number of hydrogen-bond acceptors (Lipinski definition) is 4. The van der Waals surface area contributed by atoms with E-state index in [1.54, 1.807) is 0 Å². The topological polar surface area (TPSA) is 99.8 Å². The first-order valence-electron chi connectivity index (χ1n) is 7.84. The number of aromatic nitrogens is 3. The van der Waals surface area contributed by atoms with Crippen LogP contribution in [0.4, 0.5) is 23.4 Å². The largest absolute Gasteiger partial charge is 0.345 e. The number of rotatable bonds is 5. The maximum absolute atomic E-state index is 13.5. The van der Waals surface area contributed by atoms with Crippen LogP contribution in [-0.4, -0.2) is 27.0 Å². The van der Waals surface area contributed by atoms with Crippen LogP contribution in [0.2, 0.25) is 5.02 Å². The average molecular weight is 428 g/mol. The van der Waals surface area contributed by atoms with Gasteiger partial charge in [-0.1, -0.05) is 11.6 Å². The van der Waals surface area contributed by atoms with Crippen LogP contribution in [0, 0.1) is 23.3 Å². The Balaban J connectivity index is 1.65. The van der Waals surface area contributed by atoms with Gasteiger partial charge in [0.2, 0.25) is 0 Å². The third-order valence-electron chi connectivity index (χ3n) is 3.62. The van der Waals surface area contributed by atoms with Crippen molar-refractivity contribution in [2.75, 3.05) is 5.32 Å². The fourth-order valence-electron chi connectivity index (χ4n) is 2.21. The minimum atomic E-state index is -1.26. The van der Waals surface area contributed by atoms with Crippen LogP contribution in [-0.2, 0) is 6.54 Å². The van der Waals surface area contributed by atoms with Crippen molar-refractivity contribution in [3.63, 3.8) is 0 Å². The number of nitrogens with one attached hydrogen (secondary N) is 3. The molecule has 0 aliphatic carbocycles. The molecule has 3 aromatic rings. The van der Waals surface area contributed by atoms with E-state index in [-0.39, 0.29) is 34.3 Å². The second-order valence-electron chi connectivity index (χ2n) is 5.63. The highest BCUT2D eigenvalue weighted by Gasteiger charge is 2.17. The van der Waals surface area contributed by atoms with E-state index < -0.39 is 35.1 Å². The van der Waals surface area contributed by atoms with Gasteiger partial charge in [-0.15, -0.1) is 0 Å². The lowest BCUT2D eigenvalue weighted by Crippen LogP contribution is -2.24. The van der Waals surface area contributed by atoms with E-state index >= 15 is 0 Å². The summed E-state index contributed by atoms with van der Waals surface area (Å²) in [5.41, 5.74) is -0.614. The van der Waals surface area contributed by atoms with Crippen molar-refractivity contribution in [3.05, 3.63) is 75.7 Å². The van der Waals surface area contributed by atoms with Crippen LogP contribution in [0.15, 0.2) is 30.5 Å². The fourth-order valence-corrected chi connectivity index (χ4v) is 2.45. The minimum absolute atomic E-state index is 0.0980. The molecule has 0 unspecified atom stereocenters. The van der Waals surface area contributed by atoms with E-state index in [0.717, 1.165) is 12.3 Å². The van der Waals surface area contributed by atoms with Crippen LogP contribution in [0.25, 0.3) is 0 Å². The second-order valence-corrected chi connectivity index (χ2v) is 6.04. The molecule has 12 heteroatoms. The maximum atomic E-state index is 13.5. The van der Waals surface area contributed by atoms with Crippen molar-refractivity contribution >= 4 is 29.2 Å². The molecule has 29 heavy (non-hydrogen) atoms. The van der Waals surface area contributed by atoms with Gasteiger partial charge in [-0.2, -0.15) is 5.10 Å². The minimum Gasteiger partial charge on any atom is -0.345 e. The Morgan fingerprint density at radius 1 is 1.00 bits per heavy atom. The lowest BCUT2D eigenvalue weighted by atomic mass is 10.2. The molecule has 7 nitrogen and oxygen atoms in total. The van der Waals surface area contributed by atoms with Crippen molar-refractivity contribution in [2.45, 2.75) is 6.54 Å². The van der Waals surface area contributed by atoms with Gasteiger partial charge in [0.1, 0.15) is 17.3 Å². The molecule has 2 amide bonds. The standard InChI is InChI=1S/C17H10ClF4N5O2/c18-9-3-11(21)10(20)2-8(9)16(28)25-15-4-13(26-27-15)17(29)24-6-14-12(22)1-7(19)5-23-14/h1-5H,6H2,(H,24,29)(H2,25,26,27,28). The highest BCUT2D eigenvalue weighted by atomic mass is 35.5. The first-order chi connectivity index (χ1) is 13.7. The van der Waals surface area contributed by atoms with Gasteiger partial charge in [-0.05, 0) is 12.1 Å². The molecule has 0 saturated carbocycles. The summed E-state index contributed by atoms with van der Waals surface area (Å²) >= 11 is 5.72. The molecule has 0 atom stereocenters. The summed E-state index contributed by atoms with van der Waals surface area (Å²) < 4.78 is 52.7. The van der Waals surface area contributed by atoms with Crippen molar-refractivity contribution in [1.82, 2.24) is 20.5 Å². The summed E-state index contributed by atoms with van der Waals surface area (Å²) in [7, 11) is 0. The van der Waals surface area contributed by atoms with Gasteiger partial charge in [-0.25, -0.2) is 17.6 Å². The summed E-state index contributed by atoms with van der Waals surface area (Å²) in [6, 6.07) is 3.05. The predicted molar refractivity (Wildman–Crippen MR) is 93.2 cm³/mol. The summed E-state index contributed by atoms with van der Waals surface area (Å²) in [6.07, 6.45) is 0.803. The maximum Gasteiger partial charge on any atom is 0.269 e. The molecule has 2 aromatic heterocycles. The van der Waals surface area contributed by atoms with E-state index in [2.05, 4.69) is 25.8 Å². The Labute approximate surface area is 165 Å². The molecular weight excluding hydrogens is 418 g/mol. The molecule has 0 spiro atoms. The molecule has 0 fully saturated rings. The summed E-state index contributed by atoms with van der Waals surface area (Å²) in [4.78, 5) is 27.7. The van der Waals surface area contributed by atoms with Gasteiger partial charge in [0, 0.05) is 12.1 Å². The number of H-pyrrole nitrogens is 1. The number of carbonyl (C=O) groups is 2. The first-order valence-corrected chi connectivity index (χ1v) is 8.22. The number of aromatic amines is 1. The van der Waals surface area contributed by atoms with Gasteiger partial charge in [-0.3, -0.25) is 19.7 Å². The van der Waals surface area contributed by atoms with E-state index in [4.69, 9.17) is 11.6 Å². The van der Waals surface area contributed by atoms with Gasteiger partial charge >= 0.3 is 0 Å². The number of benzene rings is 1. The highest BCUT2D eigenvalue weighted by molar-refractivity contribution is 6.34. The summed E-state index contributed by atoms with van der Waals surface area (Å²) in [5.74, 6) is -5.95. The Morgan fingerprint density at radius 2 is 1.72 bits per heavy atom. The number of amides is 2.